The fourth-order valence-electron chi connectivity index (χ4n) is 2.94. The van der Waals surface area contributed by atoms with Crippen LogP contribution >= 0.6 is 12.2 Å². The molecule has 7 heteroatoms. The molecule has 0 saturated carbocycles. The molecule has 1 aromatic carbocycles. The predicted octanol–water partition coefficient (Wildman–Crippen LogP) is 1.24. The highest BCUT2D eigenvalue weighted by Crippen LogP contribution is 2.09. The summed E-state index contributed by atoms with van der Waals surface area (Å²) in [4.78, 5) is 19.3. The molecule has 0 atom stereocenters. The zero-order chi connectivity index (χ0) is 18.9. The van der Waals surface area contributed by atoms with E-state index >= 15 is 0 Å². The minimum atomic E-state index is 0.0494. The first-order valence-corrected chi connectivity index (χ1v) is 9.50. The fraction of sp³-hybridized carbons (Fsp3) is 0.350. The van der Waals surface area contributed by atoms with Gasteiger partial charge in [0.1, 0.15) is 0 Å². The normalized spacial score (nSPS) is 13.9. The van der Waals surface area contributed by atoms with Gasteiger partial charge in [0.05, 0.1) is 26.3 Å². The van der Waals surface area contributed by atoms with E-state index < -0.39 is 0 Å². The standard InChI is InChI=1S/C20H24N4O2S/c25-19(23-9-11-26-12-10-23)14-22-20(27)24(15-17-5-2-1-3-6-17)16-18-7-4-8-21-13-18/h1-8,13H,9-12,14-16H2,(H,22,27)/p+1. The number of morpholine rings is 1. The van der Waals surface area contributed by atoms with E-state index in [1.54, 1.807) is 0 Å². The Morgan fingerprint density at radius 1 is 1.11 bits per heavy atom. The Morgan fingerprint density at radius 3 is 2.52 bits per heavy atom. The van der Waals surface area contributed by atoms with Crippen molar-refractivity contribution in [1.29, 1.82) is 0 Å². The lowest BCUT2D eigenvalue weighted by atomic mass is 10.2. The molecule has 1 aliphatic rings. The summed E-state index contributed by atoms with van der Waals surface area (Å²) in [7, 11) is 0. The zero-order valence-corrected chi connectivity index (χ0v) is 16.1. The van der Waals surface area contributed by atoms with Crippen molar-refractivity contribution in [3.05, 3.63) is 66.0 Å². The number of carbonyl (C=O) groups excluding carboxylic acids is 1. The molecule has 3 rings (SSSR count). The lowest BCUT2D eigenvalue weighted by molar-refractivity contribution is -0.378. The number of ether oxygens (including phenoxy) is 1. The van der Waals surface area contributed by atoms with Crippen molar-refractivity contribution in [2.24, 2.45) is 0 Å². The zero-order valence-electron chi connectivity index (χ0n) is 15.3. The summed E-state index contributed by atoms with van der Waals surface area (Å²) in [5.41, 5.74) is 2.29. The molecule has 1 fully saturated rings. The third-order valence-electron chi connectivity index (χ3n) is 4.40. The van der Waals surface area contributed by atoms with Gasteiger partial charge in [-0.05, 0) is 23.8 Å². The number of H-pyrrole nitrogens is 1. The highest BCUT2D eigenvalue weighted by molar-refractivity contribution is 7.80. The quantitative estimate of drug-likeness (QED) is 0.758. The first kappa shape index (κ1) is 19.3. The molecular formula is C20H25N4O2S+. The van der Waals surface area contributed by atoms with E-state index in [1.165, 1.54) is 5.56 Å². The molecule has 1 amide bonds. The van der Waals surface area contributed by atoms with Gasteiger partial charge < -0.3 is 19.9 Å². The number of rotatable bonds is 6. The van der Waals surface area contributed by atoms with Crippen LogP contribution in [-0.2, 0) is 22.6 Å². The van der Waals surface area contributed by atoms with Crippen LogP contribution in [0.3, 0.4) is 0 Å². The Morgan fingerprint density at radius 2 is 1.81 bits per heavy atom. The molecule has 1 saturated heterocycles. The lowest BCUT2D eigenvalue weighted by Crippen LogP contribution is -2.48. The maximum atomic E-state index is 12.4. The summed E-state index contributed by atoms with van der Waals surface area (Å²) in [6.07, 6.45) is 3.84. The van der Waals surface area contributed by atoms with E-state index in [0.29, 0.717) is 44.5 Å². The number of thiocarbonyl (C=S) groups is 1. The number of aromatic amines is 1. The van der Waals surface area contributed by atoms with Crippen molar-refractivity contribution in [3.63, 3.8) is 0 Å². The molecule has 0 bridgehead atoms. The molecule has 2 N–H and O–H groups in total. The van der Waals surface area contributed by atoms with Gasteiger partial charge in [0.2, 0.25) is 5.91 Å². The van der Waals surface area contributed by atoms with E-state index in [4.69, 9.17) is 17.0 Å². The molecule has 2 heterocycles. The molecule has 0 aliphatic carbocycles. The fourth-order valence-corrected chi connectivity index (χ4v) is 3.14. The summed E-state index contributed by atoms with van der Waals surface area (Å²) in [6, 6.07) is 14.2. The van der Waals surface area contributed by atoms with E-state index in [1.807, 2.05) is 41.6 Å². The highest BCUT2D eigenvalue weighted by Gasteiger charge is 2.18. The molecule has 27 heavy (non-hydrogen) atoms. The number of aromatic nitrogens is 1. The average Bonchev–Trinajstić information content (AvgIpc) is 2.73. The van der Waals surface area contributed by atoms with Crippen LogP contribution in [0, 0.1) is 0 Å². The first-order chi connectivity index (χ1) is 13.2. The third-order valence-corrected chi connectivity index (χ3v) is 4.81. The number of nitrogens with zero attached hydrogens (tertiary/aromatic N) is 2. The van der Waals surface area contributed by atoms with E-state index in [0.717, 1.165) is 5.56 Å². The third kappa shape index (κ3) is 6.01. The van der Waals surface area contributed by atoms with Crippen molar-refractivity contribution < 1.29 is 14.5 Å². The Hall–Kier alpha value is -2.51. The van der Waals surface area contributed by atoms with Crippen LogP contribution in [0.4, 0.5) is 0 Å². The largest absolute Gasteiger partial charge is 0.378 e. The van der Waals surface area contributed by atoms with Crippen LogP contribution in [0.2, 0.25) is 0 Å². The van der Waals surface area contributed by atoms with E-state index in [9.17, 15) is 4.79 Å². The summed E-state index contributed by atoms with van der Waals surface area (Å²) < 4.78 is 5.30. The number of amides is 1. The predicted molar refractivity (Wildman–Crippen MR) is 107 cm³/mol. The number of nitrogens with one attached hydrogen (secondary N) is 2. The van der Waals surface area contributed by atoms with Gasteiger partial charge in [-0.1, -0.05) is 30.3 Å². The van der Waals surface area contributed by atoms with Gasteiger partial charge in [-0.2, -0.15) is 0 Å². The van der Waals surface area contributed by atoms with Crippen LogP contribution < -0.4 is 10.3 Å². The van der Waals surface area contributed by atoms with Crippen molar-refractivity contribution >= 4 is 23.2 Å². The van der Waals surface area contributed by atoms with E-state index in [-0.39, 0.29) is 12.5 Å². The maximum Gasteiger partial charge on any atom is 0.242 e. The van der Waals surface area contributed by atoms with Gasteiger partial charge in [-0.15, -0.1) is 0 Å². The van der Waals surface area contributed by atoms with Gasteiger partial charge in [0, 0.05) is 31.3 Å². The van der Waals surface area contributed by atoms with Crippen LogP contribution in [0.5, 0.6) is 0 Å². The molecule has 0 unspecified atom stereocenters. The number of pyridine rings is 1. The Labute approximate surface area is 165 Å². The molecule has 6 nitrogen and oxygen atoms in total. The minimum Gasteiger partial charge on any atom is -0.378 e. The molecule has 2 aromatic rings. The van der Waals surface area contributed by atoms with Crippen LogP contribution in [0.1, 0.15) is 11.1 Å². The van der Waals surface area contributed by atoms with Crippen LogP contribution in [-0.4, -0.2) is 53.7 Å². The number of hydrogen-bond acceptors (Lipinski definition) is 3. The van der Waals surface area contributed by atoms with Gasteiger partial charge in [0.25, 0.3) is 0 Å². The molecule has 1 aromatic heterocycles. The van der Waals surface area contributed by atoms with Crippen molar-refractivity contribution in [2.45, 2.75) is 13.1 Å². The summed E-state index contributed by atoms with van der Waals surface area (Å²) in [5.74, 6) is 0.0494. The molecule has 142 valence electrons. The number of carbonyl (C=O) groups is 1. The van der Waals surface area contributed by atoms with E-state index in [2.05, 4.69) is 33.4 Å². The summed E-state index contributed by atoms with van der Waals surface area (Å²) in [5, 5.41) is 3.71. The lowest BCUT2D eigenvalue weighted by Gasteiger charge is -2.29. The van der Waals surface area contributed by atoms with Crippen LogP contribution in [0.25, 0.3) is 0 Å². The Kier molecular flexibility index (Phi) is 7.12. The number of hydrogen-bond donors (Lipinski definition) is 1. The average molecular weight is 386 g/mol. The van der Waals surface area contributed by atoms with Crippen molar-refractivity contribution in [1.82, 2.24) is 15.1 Å². The van der Waals surface area contributed by atoms with Gasteiger partial charge in [-0.25, -0.2) is 4.98 Å². The monoisotopic (exact) mass is 385 g/mol. The molecular weight excluding hydrogens is 360 g/mol. The SMILES string of the molecule is O=C(CNC(=S)N(Cc1ccccc1)Cc1ccc[nH+]c1)N1CCOCC1. The van der Waals surface area contributed by atoms with Crippen LogP contribution in [0.15, 0.2) is 54.9 Å². The molecule has 0 spiro atoms. The van der Waals surface area contributed by atoms with Gasteiger partial charge in [-0.3, -0.25) is 4.79 Å². The van der Waals surface area contributed by atoms with Crippen molar-refractivity contribution in [2.75, 3.05) is 32.8 Å². The number of benzene rings is 1. The van der Waals surface area contributed by atoms with Crippen molar-refractivity contribution in [3.8, 4) is 0 Å². The minimum absolute atomic E-state index is 0.0494. The topological polar surface area (TPSA) is 59.0 Å². The second-order valence-corrected chi connectivity index (χ2v) is 6.79. The second-order valence-electron chi connectivity index (χ2n) is 6.41. The van der Waals surface area contributed by atoms with Gasteiger partial charge >= 0.3 is 0 Å². The second kappa shape index (κ2) is 9.99. The smallest absolute Gasteiger partial charge is 0.242 e. The molecule has 0 radical (unpaired) electrons. The first-order valence-electron chi connectivity index (χ1n) is 9.09. The molecule has 1 aliphatic heterocycles. The maximum absolute atomic E-state index is 12.4. The highest BCUT2D eigenvalue weighted by atomic mass is 32.1. The Bertz CT molecular complexity index is 695. The summed E-state index contributed by atoms with van der Waals surface area (Å²) >= 11 is 5.60. The van der Waals surface area contributed by atoms with Gasteiger partial charge in [0.15, 0.2) is 17.5 Å². The Balaban J connectivity index is 1.61. The summed E-state index contributed by atoms with van der Waals surface area (Å²) in [6.45, 7) is 4.01.